The number of nitrogens with zero attached hydrogens (tertiary/aromatic N) is 2. The Kier molecular flexibility index (Phi) is 2.27. The first kappa shape index (κ1) is 10.1. The monoisotopic (exact) mass is 211 g/mol. The minimum Gasteiger partial charge on any atom is -0.452 e. The molecule has 0 aliphatic carbocycles. The van der Waals surface area contributed by atoms with E-state index in [0.29, 0.717) is 11.1 Å². The molecule has 0 amide bonds. The minimum atomic E-state index is -1.14. The molecular weight excluding hydrogens is 202 g/mol. The Morgan fingerprint density at radius 3 is 2.44 bits per heavy atom. The highest BCUT2D eigenvalue weighted by atomic mass is 16.5. The standard InChI is InChI=1S/C12H9N3O/c13-7-9-6-12(8-14,16-11(9)15)10-4-2-1-3-5-10/h1-5H,6,15H2. The van der Waals surface area contributed by atoms with Crippen molar-refractivity contribution in [3.05, 3.63) is 47.4 Å². The fourth-order valence-electron chi connectivity index (χ4n) is 1.71. The first-order valence-electron chi connectivity index (χ1n) is 4.76. The third kappa shape index (κ3) is 1.37. The van der Waals surface area contributed by atoms with Crippen LogP contribution in [0.5, 0.6) is 0 Å². The Morgan fingerprint density at radius 1 is 1.25 bits per heavy atom. The molecule has 0 saturated heterocycles. The molecule has 4 heteroatoms. The Balaban J connectivity index is 2.42. The normalized spacial score (nSPS) is 23.4. The van der Waals surface area contributed by atoms with Gasteiger partial charge in [0.05, 0.1) is 5.57 Å². The van der Waals surface area contributed by atoms with Crippen molar-refractivity contribution in [3.8, 4) is 12.1 Å². The van der Waals surface area contributed by atoms with Crippen molar-refractivity contribution in [2.45, 2.75) is 12.0 Å². The van der Waals surface area contributed by atoms with E-state index >= 15 is 0 Å². The lowest BCUT2D eigenvalue weighted by Gasteiger charge is -2.21. The molecule has 0 fully saturated rings. The van der Waals surface area contributed by atoms with Crippen LogP contribution < -0.4 is 5.73 Å². The van der Waals surface area contributed by atoms with Gasteiger partial charge in [-0.2, -0.15) is 10.5 Å². The Hall–Kier alpha value is -2.46. The van der Waals surface area contributed by atoms with Crippen LogP contribution >= 0.6 is 0 Å². The molecule has 1 aliphatic rings. The molecule has 1 unspecified atom stereocenters. The third-order valence-corrected chi connectivity index (χ3v) is 2.56. The topological polar surface area (TPSA) is 82.8 Å². The molecule has 1 heterocycles. The molecule has 78 valence electrons. The van der Waals surface area contributed by atoms with Crippen LogP contribution in [0.15, 0.2) is 41.8 Å². The van der Waals surface area contributed by atoms with Gasteiger partial charge >= 0.3 is 0 Å². The molecule has 0 bridgehead atoms. The van der Waals surface area contributed by atoms with Crippen LogP contribution in [-0.2, 0) is 10.3 Å². The van der Waals surface area contributed by atoms with Gasteiger partial charge in [0.25, 0.3) is 0 Å². The summed E-state index contributed by atoms with van der Waals surface area (Å²) in [6, 6.07) is 13.1. The van der Waals surface area contributed by atoms with Gasteiger partial charge in [0, 0.05) is 12.0 Å². The highest BCUT2D eigenvalue weighted by molar-refractivity contribution is 5.40. The first-order valence-corrected chi connectivity index (χ1v) is 4.76. The summed E-state index contributed by atoms with van der Waals surface area (Å²) in [4.78, 5) is 0. The number of rotatable bonds is 1. The van der Waals surface area contributed by atoms with Crippen LogP contribution in [-0.4, -0.2) is 0 Å². The second kappa shape index (κ2) is 3.60. The molecule has 0 saturated carbocycles. The van der Waals surface area contributed by atoms with Crippen molar-refractivity contribution in [1.82, 2.24) is 0 Å². The summed E-state index contributed by atoms with van der Waals surface area (Å²) in [7, 11) is 0. The molecule has 1 atom stereocenters. The Bertz CT molecular complexity index is 521. The van der Waals surface area contributed by atoms with Crippen molar-refractivity contribution < 1.29 is 4.74 Å². The molecular formula is C12H9N3O. The van der Waals surface area contributed by atoms with Gasteiger partial charge in [-0.05, 0) is 0 Å². The number of ether oxygens (including phenoxy) is 1. The molecule has 1 aromatic carbocycles. The van der Waals surface area contributed by atoms with Crippen LogP contribution in [0.4, 0.5) is 0 Å². The molecule has 0 aromatic heterocycles. The highest BCUT2D eigenvalue weighted by Gasteiger charge is 2.42. The lowest BCUT2D eigenvalue weighted by atomic mass is 9.90. The SMILES string of the molecule is N#CC1=C(N)OC(C#N)(c2ccccc2)C1. The molecule has 1 aliphatic heterocycles. The average Bonchev–Trinajstić information content (AvgIpc) is 2.68. The molecule has 1 aromatic rings. The smallest absolute Gasteiger partial charge is 0.226 e. The van der Waals surface area contributed by atoms with Gasteiger partial charge in [-0.15, -0.1) is 0 Å². The largest absolute Gasteiger partial charge is 0.452 e. The predicted octanol–water partition coefficient (Wildman–Crippen LogP) is 1.52. The number of nitrogens with two attached hydrogens (primary N) is 1. The first-order chi connectivity index (χ1) is 7.72. The van der Waals surface area contributed by atoms with Gasteiger partial charge in [-0.1, -0.05) is 30.3 Å². The predicted molar refractivity (Wildman–Crippen MR) is 56.3 cm³/mol. The number of nitriles is 2. The highest BCUT2D eigenvalue weighted by Crippen LogP contribution is 2.39. The Morgan fingerprint density at radius 2 is 1.94 bits per heavy atom. The van der Waals surface area contributed by atoms with E-state index in [-0.39, 0.29) is 12.3 Å². The van der Waals surface area contributed by atoms with Gasteiger partial charge in [-0.3, -0.25) is 0 Å². The maximum atomic E-state index is 9.23. The van der Waals surface area contributed by atoms with Gasteiger partial charge in [0.2, 0.25) is 11.5 Å². The summed E-state index contributed by atoms with van der Waals surface area (Å²) in [5.74, 6) is 0.0490. The fourth-order valence-corrected chi connectivity index (χ4v) is 1.71. The van der Waals surface area contributed by atoms with Crippen LogP contribution in [0.25, 0.3) is 0 Å². The van der Waals surface area contributed by atoms with Crippen molar-refractivity contribution in [3.63, 3.8) is 0 Å². The van der Waals surface area contributed by atoms with E-state index in [1.165, 1.54) is 0 Å². The number of hydrogen-bond donors (Lipinski definition) is 1. The summed E-state index contributed by atoms with van der Waals surface area (Å²) in [6.07, 6.45) is 0.204. The maximum Gasteiger partial charge on any atom is 0.226 e. The van der Waals surface area contributed by atoms with E-state index in [2.05, 4.69) is 6.07 Å². The molecule has 0 spiro atoms. The summed E-state index contributed by atoms with van der Waals surface area (Å²) >= 11 is 0. The van der Waals surface area contributed by atoms with Crippen LogP contribution in [0.3, 0.4) is 0 Å². The second-order valence-corrected chi connectivity index (χ2v) is 3.54. The van der Waals surface area contributed by atoms with Gasteiger partial charge in [0.1, 0.15) is 12.1 Å². The molecule has 0 radical (unpaired) electrons. The number of benzene rings is 1. The van der Waals surface area contributed by atoms with E-state index < -0.39 is 5.60 Å². The lowest BCUT2D eigenvalue weighted by Crippen LogP contribution is -2.24. The van der Waals surface area contributed by atoms with Gasteiger partial charge < -0.3 is 10.5 Å². The van der Waals surface area contributed by atoms with Gasteiger partial charge in [0.15, 0.2) is 0 Å². The van der Waals surface area contributed by atoms with Gasteiger partial charge in [-0.25, -0.2) is 0 Å². The van der Waals surface area contributed by atoms with E-state index in [0.717, 1.165) is 0 Å². The fraction of sp³-hybridized carbons (Fsp3) is 0.167. The quantitative estimate of drug-likeness (QED) is 0.763. The van der Waals surface area contributed by atoms with Crippen molar-refractivity contribution in [2.75, 3.05) is 0 Å². The van der Waals surface area contributed by atoms with Crippen molar-refractivity contribution in [1.29, 1.82) is 10.5 Å². The molecule has 4 nitrogen and oxygen atoms in total. The average molecular weight is 211 g/mol. The van der Waals surface area contributed by atoms with E-state index in [1.807, 2.05) is 24.3 Å². The zero-order valence-electron chi connectivity index (χ0n) is 8.47. The van der Waals surface area contributed by atoms with Crippen molar-refractivity contribution >= 4 is 0 Å². The molecule has 2 N–H and O–H groups in total. The second-order valence-electron chi connectivity index (χ2n) is 3.54. The minimum absolute atomic E-state index is 0.0490. The summed E-state index contributed by atoms with van der Waals surface area (Å²) < 4.78 is 5.36. The van der Waals surface area contributed by atoms with E-state index in [9.17, 15) is 5.26 Å². The zero-order valence-corrected chi connectivity index (χ0v) is 8.47. The lowest BCUT2D eigenvalue weighted by molar-refractivity contribution is 0.0746. The maximum absolute atomic E-state index is 9.23. The third-order valence-electron chi connectivity index (χ3n) is 2.56. The van der Waals surface area contributed by atoms with Crippen molar-refractivity contribution in [2.24, 2.45) is 5.73 Å². The Labute approximate surface area is 93.2 Å². The summed E-state index contributed by atoms with van der Waals surface area (Å²) in [5, 5.41) is 18.1. The van der Waals surface area contributed by atoms with E-state index in [1.54, 1.807) is 12.1 Å². The van der Waals surface area contributed by atoms with Crippen LogP contribution in [0.1, 0.15) is 12.0 Å². The van der Waals surface area contributed by atoms with E-state index in [4.69, 9.17) is 15.7 Å². The summed E-state index contributed by atoms with van der Waals surface area (Å²) in [5.41, 5.74) is 5.46. The molecule has 2 rings (SSSR count). The molecule has 16 heavy (non-hydrogen) atoms. The van der Waals surface area contributed by atoms with Crippen LogP contribution in [0, 0.1) is 22.7 Å². The summed E-state index contributed by atoms with van der Waals surface area (Å²) in [6.45, 7) is 0. The number of hydrogen-bond acceptors (Lipinski definition) is 4. The van der Waals surface area contributed by atoms with Crippen LogP contribution in [0.2, 0.25) is 0 Å². The zero-order chi connectivity index (χ0) is 11.6.